The van der Waals surface area contributed by atoms with Crippen LogP contribution in [-0.4, -0.2) is 33.6 Å². The molecular formula is C20H24F2N4O. The van der Waals surface area contributed by atoms with Gasteiger partial charge in [0.15, 0.2) is 0 Å². The number of hydrogen-bond donors (Lipinski definition) is 1. The Bertz CT molecular complexity index is 789. The Kier molecular flexibility index (Phi) is 4.85. The van der Waals surface area contributed by atoms with Gasteiger partial charge in [0.1, 0.15) is 5.82 Å². The number of aromatic nitrogens is 2. The molecule has 1 saturated carbocycles. The number of amides is 2. The summed E-state index contributed by atoms with van der Waals surface area (Å²) in [6.07, 6.45) is 6.76. The highest BCUT2D eigenvalue weighted by Gasteiger charge is 2.40. The number of carbonyl (C=O) groups is 1. The van der Waals surface area contributed by atoms with Crippen molar-refractivity contribution in [2.75, 3.05) is 7.05 Å². The SMILES string of the molecule is CN(Cc1nccn1C(F)F)C(=O)NC1C2CCC1Cc1ccccc1C2. The number of rotatable bonds is 4. The molecule has 7 heteroatoms. The molecule has 2 bridgehead atoms. The van der Waals surface area contributed by atoms with Crippen LogP contribution in [0.15, 0.2) is 36.7 Å². The van der Waals surface area contributed by atoms with Crippen LogP contribution in [0.4, 0.5) is 13.6 Å². The van der Waals surface area contributed by atoms with E-state index in [2.05, 4.69) is 34.6 Å². The summed E-state index contributed by atoms with van der Waals surface area (Å²) in [7, 11) is 1.62. The normalized spacial score (nSPS) is 23.8. The standard InChI is InChI=1S/C20H24F2N4O/c1-25(12-17-23-8-9-26(17)19(21)22)20(27)24-18-15-6-7-16(18)11-14-5-3-2-4-13(14)10-15/h2-5,8-9,15-16,18-19H,6-7,10-12H2,1H3,(H,24,27). The number of carbonyl (C=O) groups excluding carboxylic acids is 1. The van der Waals surface area contributed by atoms with Crippen molar-refractivity contribution in [3.63, 3.8) is 0 Å². The first-order chi connectivity index (χ1) is 13.0. The van der Waals surface area contributed by atoms with E-state index in [4.69, 9.17) is 0 Å². The number of halogens is 2. The van der Waals surface area contributed by atoms with Crippen molar-refractivity contribution >= 4 is 6.03 Å². The molecule has 1 fully saturated rings. The molecule has 2 unspecified atom stereocenters. The first-order valence-electron chi connectivity index (χ1n) is 9.41. The lowest BCUT2D eigenvalue weighted by Gasteiger charge is -2.27. The van der Waals surface area contributed by atoms with Crippen molar-refractivity contribution in [2.45, 2.75) is 44.8 Å². The molecule has 1 aromatic carbocycles. The Morgan fingerprint density at radius 1 is 1.26 bits per heavy atom. The average molecular weight is 374 g/mol. The maximum absolute atomic E-state index is 13.0. The highest BCUT2D eigenvalue weighted by molar-refractivity contribution is 5.74. The van der Waals surface area contributed by atoms with E-state index in [-0.39, 0.29) is 24.4 Å². The maximum atomic E-state index is 13.0. The zero-order valence-electron chi connectivity index (χ0n) is 15.3. The fraction of sp³-hybridized carbons (Fsp3) is 0.500. The number of fused-ring (bicyclic) bond motifs is 3. The van der Waals surface area contributed by atoms with Gasteiger partial charge >= 0.3 is 12.6 Å². The number of nitrogens with one attached hydrogen (secondary N) is 1. The van der Waals surface area contributed by atoms with Crippen molar-refractivity contribution < 1.29 is 13.6 Å². The Hall–Kier alpha value is -2.44. The second-order valence-corrected chi connectivity index (χ2v) is 7.63. The van der Waals surface area contributed by atoms with Gasteiger partial charge in [0.2, 0.25) is 0 Å². The third-order valence-corrected chi connectivity index (χ3v) is 5.98. The molecule has 0 aliphatic heterocycles. The molecule has 1 N–H and O–H groups in total. The number of alkyl halides is 2. The van der Waals surface area contributed by atoms with Gasteiger partial charge in [-0.05, 0) is 48.6 Å². The van der Waals surface area contributed by atoms with Crippen molar-refractivity contribution in [1.82, 2.24) is 19.8 Å². The van der Waals surface area contributed by atoms with Gasteiger partial charge in [-0.3, -0.25) is 4.57 Å². The highest BCUT2D eigenvalue weighted by atomic mass is 19.3. The molecule has 2 amide bonds. The molecule has 2 atom stereocenters. The van der Waals surface area contributed by atoms with Gasteiger partial charge in [-0.1, -0.05) is 24.3 Å². The van der Waals surface area contributed by atoms with Crippen LogP contribution in [-0.2, 0) is 19.4 Å². The van der Waals surface area contributed by atoms with Crippen molar-refractivity contribution in [1.29, 1.82) is 0 Å². The Balaban J connectivity index is 1.43. The molecule has 0 spiro atoms. The molecule has 0 radical (unpaired) electrons. The van der Waals surface area contributed by atoms with Crippen LogP contribution in [0.1, 0.15) is 36.3 Å². The van der Waals surface area contributed by atoms with E-state index in [0.29, 0.717) is 11.8 Å². The number of hydrogen-bond acceptors (Lipinski definition) is 2. The summed E-state index contributed by atoms with van der Waals surface area (Å²) in [6, 6.07) is 8.42. The number of nitrogens with zero attached hydrogens (tertiary/aromatic N) is 3. The number of urea groups is 1. The monoisotopic (exact) mass is 374 g/mol. The lowest BCUT2D eigenvalue weighted by molar-refractivity contribution is 0.0650. The minimum atomic E-state index is -2.66. The molecule has 27 heavy (non-hydrogen) atoms. The zero-order chi connectivity index (χ0) is 19.0. The summed E-state index contributed by atoms with van der Waals surface area (Å²) in [6.45, 7) is -2.61. The number of imidazole rings is 1. The van der Waals surface area contributed by atoms with Gasteiger partial charge in [-0.2, -0.15) is 8.78 Å². The van der Waals surface area contributed by atoms with E-state index >= 15 is 0 Å². The van der Waals surface area contributed by atoms with Gasteiger partial charge in [0, 0.05) is 25.5 Å². The molecule has 1 aromatic heterocycles. The number of benzene rings is 1. The lowest BCUT2D eigenvalue weighted by Crippen LogP contribution is -2.47. The second kappa shape index (κ2) is 7.29. The van der Waals surface area contributed by atoms with Crippen LogP contribution in [0, 0.1) is 11.8 Å². The average Bonchev–Trinajstić information content (AvgIpc) is 3.19. The minimum absolute atomic E-state index is 0.0471. The third kappa shape index (κ3) is 3.55. The lowest BCUT2D eigenvalue weighted by atomic mass is 9.94. The predicted octanol–water partition coefficient (Wildman–Crippen LogP) is 3.61. The largest absolute Gasteiger partial charge is 0.335 e. The molecule has 0 saturated heterocycles. The molecule has 5 nitrogen and oxygen atoms in total. The van der Waals surface area contributed by atoms with Crippen LogP contribution in [0.5, 0.6) is 0 Å². The smallest absolute Gasteiger partial charge is 0.319 e. The van der Waals surface area contributed by atoms with Gasteiger partial charge in [0.05, 0.1) is 6.54 Å². The fourth-order valence-corrected chi connectivity index (χ4v) is 4.57. The van der Waals surface area contributed by atoms with Crippen molar-refractivity contribution in [3.05, 3.63) is 53.6 Å². The quantitative estimate of drug-likeness (QED) is 0.889. The van der Waals surface area contributed by atoms with E-state index in [0.717, 1.165) is 30.3 Å². The van der Waals surface area contributed by atoms with Crippen molar-refractivity contribution in [2.24, 2.45) is 11.8 Å². The van der Waals surface area contributed by atoms with Crippen molar-refractivity contribution in [3.8, 4) is 0 Å². The highest BCUT2D eigenvalue weighted by Crippen LogP contribution is 2.40. The Labute approximate surface area is 157 Å². The summed E-state index contributed by atoms with van der Waals surface area (Å²) in [4.78, 5) is 18.1. The second-order valence-electron chi connectivity index (χ2n) is 7.63. The van der Waals surface area contributed by atoms with E-state index in [9.17, 15) is 13.6 Å². The summed E-state index contributed by atoms with van der Waals surface area (Å²) in [5.41, 5.74) is 2.77. The maximum Gasteiger partial charge on any atom is 0.319 e. The van der Waals surface area contributed by atoms with Crippen LogP contribution in [0.2, 0.25) is 0 Å². The van der Waals surface area contributed by atoms with Crippen LogP contribution in [0.25, 0.3) is 0 Å². The van der Waals surface area contributed by atoms with E-state index in [1.165, 1.54) is 28.4 Å². The summed E-state index contributed by atoms with van der Waals surface area (Å²) in [5, 5.41) is 3.18. The van der Waals surface area contributed by atoms with Gasteiger partial charge in [-0.15, -0.1) is 0 Å². The molecule has 2 aliphatic carbocycles. The Morgan fingerprint density at radius 3 is 2.48 bits per heavy atom. The predicted molar refractivity (Wildman–Crippen MR) is 97.3 cm³/mol. The molecule has 2 aromatic rings. The van der Waals surface area contributed by atoms with Crippen LogP contribution < -0.4 is 5.32 Å². The topological polar surface area (TPSA) is 50.2 Å². The summed E-state index contributed by atoms with van der Waals surface area (Å²) >= 11 is 0. The summed E-state index contributed by atoms with van der Waals surface area (Å²) in [5.74, 6) is 1.04. The van der Waals surface area contributed by atoms with Gasteiger partial charge in [-0.25, -0.2) is 9.78 Å². The fourth-order valence-electron chi connectivity index (χ4n) is 4.57. The molecule has 1 heterocycles. The van der Waals surface area contributed by atoms with Crippen LogP contribution >= 0.6 is 0 Å². The van der Waals surface area contributed by atoms with E-state index in [1.54, 1.807) is 7.05 Å². The third-order valence-electron chi connectivity index (χ3n) is 5.98. The molecule has 2 aliphatic rings. The first-order valence-corrected chi connectivity index (χ1v) is 9.41. The Morgan fingerprint density at radius 2 is 1.89 bits per heavy atom. The molecule has 4 rings (SSSR count). The molecule has 144 valence electrons. The van der Waals surface area contributed by atoms with Gasteiger partial charge in [0.25, 0.3) is 0 Å². The van der Waals surface area contributed by atoms with E-state index < -0.39 is 6.55 Å². The van der Waals surface area contributed by atoms with Crippen LogP contribution in [0.3, 0.4) is 0 Å². The zero-order valence-corrected chi connectivity index (χ0v) is 15.3. The first kappa shape index (κ1) is 17.9. The van der Waals surface area contributed by atoms with E-state index in [1.807, 2.05) is 0 Å². The minimum Gasteiger partial charge on any atom is -0.335 e. The summed E-state index contributed by atoms with van der Waals surface area (Å²) < 4.78 is 26.7. The molecular weight excluding hydrogens is 350 g/mol. The van der Waals surface area contributed by atoms with Gasteiger partial charge < -0.3 is 10.2 Å².